The Morgan fingerprint density at radius 3 is 2.88 bits per heavy atom. The van der Waals surface area contributed by atoms with Gasteiger partial charge in [-0.2, -0.15) is 4.98 Å². The van der Waals surface area contributed by atoms with Gasteiger partial charge in [-0.1, -0.05) is 13.8 Å². The fourth-order valence-electron chi connectivity index (χ4n) is 1.15. The maximum Gasteiger partial charge on any atom is 0.254 e. The number of halogens is 1. The van der Waals surface area contributed by atoms with E-state index in [-0.39, 0.29) is 10.8 Å². The summed E-state index contributed by atoms with van der Waals surface area (Å²) in [5, 5.41) is 3.12. The average molecular weight is 243 g/mol. The molecule has 0 aliphatic heterocycles. The maximum absolute atomic E-state index is 11.1. The van der Waals surface area contributed by atoms with Crippen LogP contribution in [-0.4, -0.2) is 22.4 Å². The SMILES string of the molecule is CC(C)CCNc1nc(Cl)ncc1C(N)=O. The van der Waals surface area contributed by atoms with E-state index in [0.29, 0.717) is 18.3 Å². The zero-order valence-electron chi connectivity index (χ0n) is 9.33. The number of anilines is 1. The third-order valence-electron chi connectivity index (χ3n) is 2.04. The summed E-state index contributed by atoms with van der Waals surface area (Å²) in [6.45, 7) is 4.94. The highest BCUT2D eigenvalue weighted by Gasteiger charge is 2.10. The molecule has 5 nitrogen and oxygen atoms in total. The molecule has 0 radical (unpaired) electrons. The van der Waals surface area contributed by atoms with E-state index in [9.17, 15) is 4.79 Å². The highest BCUT2D eigenvalue weighted by molar-refractivity contribution is 6.28. The van der Waals surface area contributed by atoms with Crippen molar-refractivity contribution >= 4 is 23.3 Å². The first-order valence-electron chi connectivity index (χ1n) is 5.07. The summed E-state index contributed by atoms with van der Waals surface area (Å²) >= 11 is 5.65. The van der Waals surface area contributed by atoms with Crippen LogP contribution in [0.3, 0.4) is 0 Å². The van der Waals surface area contributed by atoms with Crippen molar-refractivity contribution in [1.29, 1.82) is 0 Å². The maximum atomic E-state index is 11.1. The van der Waals surface area contributed by atoms with Gasteiger partial charge in [0.25, 0.3) is 5.91 Å². The van der Waals surface area contributed by atoms with Crippen LogP contribution in [0.5, 0.6) is 0 Å². The molecule has 3 N–H and O–H groups in total. The van der Waals surface area contributed by atoms with Gasteiger partial charge in [0.15, 0.2) is 0 Å². The molecule has 0 spiro atoms. The Balaban J connectivity index is 2.76. The van der Waals surface area contributed by atoms with Crippen molar-refractivity contribution in [3.8, 4) is 0 Å². The Kier molecular flexibility index (Phi) is 4.49. The highest BCUT2D eigenvalue weighted by Crippen LogP contribution is 2.13. The second-order valence-corrected chi connectivity index (χ2v) is 4.21. The van der Waals surface area contributed by atoms with Gasteiger partial charge in [-0.25, -0.2) is 4.98 Å². The quantitative estimate of drug-likeness (QED) is 0.770. The number of nitrogens with zero attached hydrogens (tertiary/aromatic N) is 2. The summed E-state index contributed by atoms with van der Waals surface area (Å²) in [5.74, 6) is 0.402. The predicted octanol–water partition coefficient (Wildman–Crippen LogP) is 1.69. The highest BCUT2D eigenvalue weighted by atomic mass is 35.5. The monoisotopic (exact) mass is 242 g/mol. The molecule has 0 saturated carbocycles. The van der Waals surface area contributed by atoms with Crippen LogP contribution in [0.1, 0.15) is 30.6 Å². The van der Waals surface area contributed by atoms with E-state index in [1.807, 2.05) is 0 Å². The molecule has 0 aromatic carbocycles. The molecule has 0 fully saturated rings. The normalized spacial score (nSPS) is 10.5. The smallest absolute Gasteiger partial charge is 0.254 e. The van der Waals surface area contributed by atoms with Crippen molar-refractivity contribution in [2.45, 2.75) is 20.3 Å². The molecule has 1 aromatic rings. The summed E-state index contributed by atoms with van der Waals surface area (Å²) in [7, 11) is 0. The lowest BCUT2D eigenvalue weighted by Gasteiger charge is -2.09. The predicted molar refractivity (Wildman–Crippen MR) is 63.5 cm³/mol. The van der Waals surface area contributed by atoms with E-state index in [1.54, 1.807) is 0 Å². The zero-order valence-corrected chi connectivity index (χ0v) is 10.1. The van der Waals surface area contributed by atoms with Crippen molar-refractivity contribution in [1.82, 2.24) is 9.97 Å². The minimum atomic E-state index is -0.566. The van der Waals surface area contributed by atoms with Crippen LogP contribution >= 0.6 is 11.6 Å². The molecule has 0 saturated heterocycles. The second kappa shape index (κ2) is 5.65. The Bertz CT molecular complexity index is 381. The standard InChI is InChI=1S/C10H15ClN4O/c1-6(2)3-4-13-9-7(8(12)16)5-14-10(11)15-9/h5-6H,3-4H2,1-2H3,(H2,12,16)(H,13,14,15). The summed E-state index contributed by atoms with van der Waals surface area (Å²) in [6, 6.07) is 0. The number of amides is 1. The molecule has 0 aliphatic carbocycles. The van der Waals surface area contributed by atoms with Gasteiger partial charge >= 0.3 is 0 Å². The number of hydrogen-bond acceptors (Lipinski definition) is 4. The Morgan fingerprint density at radius 2 is 2.31 bits per heavy atom. The van der Waals surface area contributed by atoms with E-state index in [0.717, 1.165) is 6.42 Å². The minimum Gasteiger partial charge on any atom is -0.369 e. The first kappa shape index (κ1) is 12.7. The number of carbonyl (C=O) groups excluding carboxylic acids is 1. The molecule has 88 valence electrons. The summed E-state index contributed by atoms with van der Waals surface area (Å²) in [4.78, 5) is 18.7. The van der Waals surface area contributed by atoms with Gasteiger partial charge in [-0.15, -0.1) is 0 Å². The number of aromatic nitrogens is 2. The van der Waals surface area contributed by atoms with Gasteiger partial charge in [0.05, 0.1) is 5.56 Å². The minimum absolute atomic E-state index is 0.0945. The second-order valence-electron chi connectivity index (χ2n) is 3.87. The number of carbonyl (C=O) groups is 1. The van der Waals surface area contributed by atoms with Crippen LogP contribution < -0.4 is 11.1 Å². The van der Waals surface area contributed by atoms with Crippen LogP contribution in [0.4, 0.5) is 5.82 Å². The molecule has 0 atom stereocenters. The number of primary amides is 1. The average Bonchev–Trinajstić information content (AvgIpc) is 2.16. The van der Waals surface area contributed by atoms with E-state index >= 15 is 0 Å². The first-order chi connectivity index (χ1) is 7.50. The van der Waals surface area contributed by atoms with Crippen molar-refractivity contribution in [2.24, 2.45) is 11.7 Å². The molecule has 0 bridgehead atoms. The zero-order chi connectivity index (χ0) is 12.1. The van der Waals surface area contributed by atoms with Gasteiger partial charge in [0.2, 0.25) is 5.28 Å². The topological polar surface area (TPSA) is 80.9 Å². The third kappa shape index (κ3) is 3.66. The lowest BCUT2D eigenvalue weighted by atomic mass is 10.1. The van der Waals surface area contributed by atoms with Gasteiger partial charge < -0.3 is 11.1 Å². The van der Waals surface area contributed by atoms with Gasteiger partial charge in [-0.3, -0.25) is 4.79 Å². The summed E-state index contributed by atoms with van der Waals surface area (Å²) < 4.78 is 0. The van der Waals surface area contributed by atoms with Gasteiger partial charge in [0, 0.05) is 12.7 Å². The largest absolute Gasteiger partial charge is 0.369 e. The fourth-order valence-corrected chi connectivity index (χ4v) is 1.29. The van der Waals surface area contributed by atoms with E-state index in [4.69, 9.17) is 17.3 Å². The number of hydrogen-bond donors (Lipinski definition) is 2. The number of nitrogens with one attached hydrogen (secondary N) is 1. The number of nitrogens with two attached hydrogens (primary N) is 1. The fraction of sp³-hybridized carbons (Fsp3) is 0.500. The molecule has 1 heterocycles. The molecule has 6 heteroatoms. The Hall–Kier alpha value is -1.36. The first-order valence-corrected chi connectivity index (χ1v) is 5.44. The molecule has 16 heavy (non-hydrogen) atoms. The van der Waals surface area contributed by atoms with Crippen molar-refractivity contribution < 1.29 is 4.79 Å². The molecule has 1 aromatic heterocycles. The van der Waals surface area contributed by atoms with E-state index < -0.39 is 5.91 Å². The van der Waals surface area contributed by atoms with Crippen molar-refractivity contribution in [3.05, 3.63) is 17.0 Å². The molecule has 1 amide bonds. The Labute approximate surface area is 99.4 Å². The van der Waals surface area contributed by atoms with Crippen LogP contribution in [-0.2, 0) is 0 Å². The third-order valence-corrected chi connectivity index (χ3v) is 2.22. The summed E-state index contributed by atoms with van der Waals surface area (Å²) in [6.07, 6.45) is 2.30. The van der Waals surface area contributed by atoms with E-state index in [2.05, 4.69) is 29.1 Å². The molecule has 1 rings (SSSR count). The molecular weight excluding hydrogens is 228 g/mol. The lowest BCUT2D eigenvalue weighted by molar-refractivity contribution is 0.100. The van der Waals surface area contributed by atoms with Crippen LogP contribution in [0, 0.1) is 5.92 Å². The lowest BCUT2D eigenvalue weighted by Crippen LogP contribution is -2.17. The van der Waals surface area contributed by atoms with Gasteiger partial charge in [0.1, 0.15) is 5.82 Å². The van der Waals surface area contributed by atoms with Gasteiger partial charge in [-0.05, 0) is 23.9 Å². The molecule has 0 unspecified atom stereocenters. The van der Waals surface area contributed by atoms with Crippen LogP contribution in [0.25, 0.3) is 0 Å². The summed E-state index contributed by atoms with van der Waals surface area (Å²) in [5.41, 5.74) is 5.45. The molecule has 0 aliphatic rings. The van der Waals surface area contributed by atoms with Crippen LogP contribution in [0.15, 0.2) is 6.20 Å². The van der Waals surface area contributed by atoms with Crippen LogP contribution in [0.2, 0.25) is 5.28 Å². The van der Waals surface area contributed by atoms with Crippen molar-refractivity contribution in [2.75, 3.05) is 11.9 Å². The van der Waals surface area contributed by atoms with Crippen molar-refractivity contribution in [3.63, 3.8) is 0 Å². The number of rotatable bonds is 5. The Morgan fingerprint density at radius 1 is 1.62 bits per heavy atom. The molecular formula is C10H15ClN4O. The van der Waals surface area contributed by atoms with E-state index in [1.165, 1.54) is 6.20 Å².